The molecule has 0 radical (unpaired) electrons. The van der Waals surface area contributed by atoms with Gasteiger partial charge in [-0.3, -0.25) is 0 Å². The third-order valence-corrected chi connectivity index (χ3v) is 2.79. The summed E-state index contributed by atoms with van der Waals surface area (Å²) in [5, 5.41) is 9.10. The van der Waals surface area contributed by atoms with Gasteiger partial charge in [0.2, 0.25) is 0 Å². The van der Waals surface area contributed by atoms with E-state index in [4.69, 9.17) is 9.84 Å². The highest BCUT2D eigenvalue weighted by molar-refractivity contribution is 5.30. The van der Waals surface area contributed by atoms with Gasteiger partial charge >= 0.3 is 0 Å². The predicted molar refractivity (Wildman–Crippen MR) is 55.5 cm³/mol. The molecular weight excluding hydrogens is 176 g/mol. The van der Waals surface area contributed by atoms with E-state index in [-0.39, 0.29) is 5.75 Å². The minimum Gasteiger partial charge on any atom is -0.508 e. The number of aromatic hydroxyl groups is 1. The zero-order valence-corrected chi connectivity index (χ0v) is 8.44. The standard InChI is InChI=1S/C12H16O2/c1-9-2-5-12(8-9)14-11-6-3-10(13)4-7-11/h3-4,6-7,9,12-13H,2,5,8H2,1H3/t9-,12-/m1/s1. The summed E-state index contributed by atoms with van der Waals surface area (Å²) in [5.74, 6) is 1.94. The van der Waals surface area contributed by atoms with Gasteiger partial charge < -0.3 is 9.84 Å². The van der Waals surface area contributed by atoms with Crippen LogP contribution in [0.1, 0.15) is 26.2 Å². The number of hydrogen-bond donors (Lipinski definition) is 1. The van der Waals surface area contributed by atoms with Crippen LogP contribution in [-0.2, 0) is 0 Å². The fraction of sp³-hybridized carbons (Fsp3) is 0.500. The van der Waals surface area contributed by atoms with Gasteiger partial charge in [-0.25, -0.2) is 0 Å². The van der Waals surface area contributed by atoms with Gasteiger partial charge in [-0.05, 0) is 49.4 Å². The van der Waals surface area contributed by atoms with Crippen LogP contribution in [0, 0.1) is 5.92 Å². The van der Waals surface area contributed by atoms with Gasteiger partial charge in [-0.2, -0.15) is 0 Å². The van der Waals surface area contributed by atoms with Crippen LogP contribution in [0.25, 0.3) is 0 Å². The molecule has 1 aromatic rings. The second kappa shape index (κ2) is 3.91. The average Bonchev–Trinajstić information content (AvgIpc) is 2.56. The monoisotopic (exact) mass is 192 g/mol. The van der Waals surface area contributed by atoms with E-state index in [1.165, 1.54) is 6.42 Å². The number of benzene rings is 1. The molecule has 0 saturated heterocycles. The Labute approximate surface area is 84.5 Å². The van der Waals surface area contributed by atoms with Crippen molar-refractivity contribution in [2.24, 2.45) is 5.92 Å². The van der Waals surface area contributed by atoms with Crippen molar-refractivity contribution in [3.8, 4) is 11.5 Å². The maximum Gasteiger partial charge on any atom is 0.119 e. The molecule has 0 unspecified atom stereocenters. The van der Waals surface area contributed by atoms with Gasteiger partial charge in [-0.15, -0.1) is 0 Å². The first-order chi connectivity index (χ1) is 6.74. The van der Waals surface area contributed by atoms with E-state index in [2.05, 4.69) is 6.92 Å². The lowest BCUT2D eigenvalue weighted by molar-refractivity contribution is 0.205. The largest absolute Gasteiger partial charge is 0.508 e. The van der Waals surface area contributed by atoms with Crippen LogP contribution in [0.5, 0.6) is 11.5 Å². The molecule has 2 rings (SSSR count). The summed E-state index contributed by atoms with van der Waals surface area (Å²) < 4.78 is 5.79. The average molecular weight is 192 g/mol. The predicted octanol–water partition coefficient (Wildman–Crippen LogP) is 2.96. The van der Waals surface area contributed by atoms with Crippen molar-refractivity contribution in [2.45, 2.75) is 32.3 Å². The molecule has 2 atom stereocenters. The molecule has 0 heterocycles. The van der Waals surface area contributed by atoms with E-state index in [0.717, 1.165) is 24.5 Å². The summed E-state index contributed by atoms with van der Waals surface area (Å²) in [7, 11) is 0. The van der Waals surface area contributed by atoms with Crippen LogP contribution >= 0.6 is 0 Å². The van der Waals surface area contributed by atoms with E-state index >= 15 is 0 Å². The highest BCUT2D eigenvalue weighted by Crippen LogP contribution is 2.29. The Morgan fingerprint density at radius 1 is 1.21 bits per heavy atom. The van der Waals surface area contributed by atoms with Gasteiger partial charge in [0.1, 0.15) is 11.5 Å². The first-order valence-electron chi connectivity index (χ1n) is 5.20. The van der Waals surface area contributed by atoms with Crippen molar-refractivity contribution in [2.75, 3.05) is 0 Å². The summed E-state index contributed by atoms with van der Waals surface area (Å²) in [6.07, 6.45) is 3.95. The Morgan fingerprint density at radius 3 is 2.50 bits per heavy atom. The van der Waals surface area contributed by atoms with Crippen LogP contribution in [-0.4, -0.2) is 11.2 Å². The number of rotatable bonds is 2. The van der Waals surface area contributed by atoms with E-state index in [1.54, 1.807) is 12.1 Å². The minimum absolute atomic E-state index is 0.289. The summed E-state index contributed by atoms with van der Waals surface area (Å²) in [6.45, 7) is 2.26. The fourth-order valence-electron chi connectivity index (χ4n) is 1.98. The van der Waals surface area contributed by atoms with Gasteiger partial charge in [-0.1, -0.05) is 6.92 Å². The number of hydrogen-bond acceptors (Lipinski definition) is 2. The molecule has 1 aliphatic rings. The maximum atomic E-state index is 9.10. The molecule has 0 aliphatic heterocycles. The molecule has 1 fully saturated rings. The minimum atomic E-state index is 0.289. The molecule has 1 saturated carbocycles. The smallest absolute Gasteiger partial charge is 0.119 e. The molecule has 2 heteroatoms. The number of phenolic OH excluding ortho intramolecular Hbond substituents is 1. The highest BCUT2D eigenvalue weighted by atomic mass is 16.5. The maximum absolute atomic E-state index is 9.10. The Hall–Kier alpha value is -1.18. The summed E-state index contributed by atoms with van der Waals surface area (Å²) in [5.41, 5.74) is 0. The van der Waals surface area contributed by atoms with Crippen molar-refractivity contribution >= 4 is 0 Å². The highest BCUT2D eigenvalue weighted by Gasteiger charge is 2.22. The molecular formula is C12H16O2. The van der Waals surface area contributed by atoms with Crippen molar-refractivity contribution in [1.82, 2.24) is 0 Å². The van der Waals surface area contributed by atoms with Crippen LogP contribution in [0.3, 0.4) is 0 Å². The Bertz CT molecular complexity index is 292. The van der Waals surface area contributed by atoms with Gasteiger partial charge in [0.15, 0.2) is 0 Å². The van der Waals surface area contributed by atoms with Gasteiger partial charge in [0.25, 0.3) is 0 Å². The van der Waals surface area contributed by atoms with E-state index in [0.29, 0.717) is 6.10 Å². The molecule has 0 spiro atoms. The molecule has 1 aromatic carbocycles. The summed E-state index contributed by atoms with van der Waals surface area (Å²) in [4.78, 5) is 0. The molecule has 14 heavy (non-hydrogen) atoms. The Balaban J connectivity index is 1.94. The van der Waals surface area contributed by atoms with E-state index in [1.807, 2.05) is 12.1 Å². The molecule has 76 valence electrons. The van der Waals surface area contributed by atoms with Gasteiger partial charge in [0.05, 0.1) is 6.10 Å². The van der Waals surface area contributed by atoms with E-state index < -0.39 is 0 Å². The zero-order chi connectivity index (χ0) is 9.97. The second-order valence-electron chi connectivity index (χ2n) is 4.15. The van der Waals surface area contributed by atoms with Crippen LogP contribution < -0.4 is 4.74 Å². The lowest BCUT2D eigenvalue weighted by Gasteiger charge is -2.13. The molecule has 0 aromatic heterocycles. The molecule has 1 N–H and O–H groups in total. The first kappa shape index (κ1) is 9.38. The second-order valence-corrected chi connectivity index (χ2v) is 4.15. The molecule has 0 bridgehead atoms. The quantitative estimate of drug-likeness (QED) is 0.780. The van der Waals surface area contributed by atoms with Gasteiger partial charge in [0, 0.05) is 0 Å². The van der Waals surface area contributed by atoms with Crippen molar-refractivity contribution in [3.63, 3.8) is 0 Å². The molecule has 0 amide bonds. The Kier molecular flexibility index (Phi) is 2.62. The summed E-state index contributed by atoms with van der Waals surface area (Å²) >= 11 is 0. The van der Waals surface area contributed by atoms with Crippen molar-refractivity contribution < 1.29 is 9.84 Å². The molecule has 2 nitrogen and oxygen atoms in total. The van der Waals surface area contributed by atoms with Crippen molar-refractivity contribution in [3.05, 3.63) is 24.3 Å². The first-order valence-corrected chi connectivity index (χ1v) is 5.20. The molecule has 1 aliphatic carbocycles. The van der Waals surface area contributed by atoms with Crippen LogP contribution in [0.4, 0.5) is 0 Å². The summed E-state index contributed by atoms with van der Waals surface area (Å²) in [6, 6.07) is 6.96. The SMILES string of the molecule is C[C@@H]1CC[C@@H](Oc2ccc(O)cc2)C1. The fourth-order valence-corrected chi connectivity index (χ4v) is 1.98. The normalized spacial score (nSPS) is 26.4. The van der Waals surface area contributed by atoms with Crippen LogP contribution in [0.2, 0.25) is 0 Å². The lowest BCUT2D eigenvalue weighted by atomic mass is 10.1. The van der Waals surface area contributed by atoms with E-state index in [9.17, 15) is 0 Å². The topological polar surface area (TPSA) is 29.5 Å². The van der Waals surface area contributed by atoms with Crippen molar-refractivity contribution in [1.29, 1.82) is 0 Å². The number of ether oxygens (including phenoxy) is 1. The third-order valence-electron chi connectivity index (χ3n) is 2.79. The lowest BCUT2D eigenvalue weighted by Crippen LogP contribution is -2.11. The third kappa shape index (κ3) is 2.19. The van der Waals surface area contributed by atoms with Crippen LogP contribution in [0.15, 0.2) is 24.3 Å². The zero-order valence-electron chi connectivity index (χ0n) is 8.44. The Morgan fingerprint density at radius 2 is 1.93 bits per heavy atom. The number of phenols is 1.